The van der Waals surface area contributed by atoms with Gasteiger partial charge >= 0.3 is 0 Å². The first-order valence-electron chi connectivity index (χ1n) is 9.48. The van der Waals surface area contributed by atoms with Crippen molar-refractivity contribution < 1.29 is 18.4 Å². The Hall–Kier alpha value is -3.92. The zero-order chi connectivity index (χ0) is 22.7. The number of nitrogens with one attached hydrogen (secondary N) is 1. The van der Waals surface area contributed by atoms with Crippen LogP contribution in [-0.2, 0) is 4.79 Å². The molecule has 10 heteroatoms. The molecular formula is C22H17F2N5O2S. The normalized spacial score (nSPS) is 10.7. The van der Waals surface area contributed by atoms with Crippen LogP contribution in [0.4, 0.5) is 14.5 Å². The molecule has 4 aromatic rings. The first-order chi connectivity index (χ1) is 15.4. The van der Waals surface area contributed by atoms with E-state index in [1.807, 2.05) is 17.5 Å². The molecule has 1 N–H and O–H groups in total. The summed E-state index contributed by atoms with van der Waals surface area (Å²) in [6.45, 7) is -0.283. The third kappa shape index (κ3) is 4.70. The first-order valence-corrected chi connectivity index (χ1v) is 10.4. The highest BCUT2D eigenvalue weighted by Gasteiger charge is 2.23. The molecule has 0 spiro atoms. The summed E-state index contributed by atoms with van der Waals surface area (Å²) in [6.07, 6.45) is 0. The van der Waals surface area contributed by atoms with E-state index in [9.17, 15) is 18.4 Å². The second kappa shape index (κ2) is 9.06. The number of amides is 2. The van der Waals surface area contributed by atoms with Crippen molar-refractivity contribution in [3.8, 4) is 16.4 Å². The maximum absolute atomic E-state index is 13.4. The van der Waals surface area contributed by atoms with Crippen LogP contribution in [0.5, 0.6) is 0 Å². The van der Waals surface area contributed by atoms with E-state index in [1.165, 1.54) is 65.5 Å². The van der Waals surface area contributed by atoms with Crippen molar-refractivity contribution in [3.63, 3.8) is 0 Å². The molecule has 32 heavy (non-hydrogen) atoms. The minimum atomic E-state index is -0.571. The number of nitrogens with zero attached hydrogens (tertiary/aromatic N) is 4. The highest BCUT2D eigenvalue weighted by Crippen LogP contribution is 2.26. The van der Waals surface area contributed by atoms with Crippen LogP contribution in [0.2, 0.25) is 0 Å². The molecule has 4 rings (SSSR count). The minimum Gasteiger partial charge on any atom is -0.330 e. The molecule has 0 bridgehead atoms. The molecule has 2 aromatic heterocycles. The maximum atomic E-state index is 13.4. The fourth-order valence-electron chi connectivity index (χ4n) is 2.95. The lowest BCUT2D eigenvalue weighted by Gasteiger charge is -2.15. The van der Waals surface area contributed by atoms with Gasteiger partial charge in [0.15, 0.2) is 5.82 Å². The number of hydrogen-bond donors (Lipinski definition) is 1. The van der Waals surface area contributed by atoms with Gasteiger partial charge in [0.25, 0.3) is 5.91 Å². The monoisotopic (exact) mass is 453 g/mol. The maximum Gasteiger partial charge on any atom is 0.293 e. The topological polar surface area (TPSA) is 80.1 Å². The summed E-state index contributed by atoms with van der Waals surface area (Å²) in [5.41, 5.74) is 0.822. The van der Waals surface area contributed by atoms with Gasteiger partial charge < -0.3 is 10.2 Å². The average Bonchev–Trinajstić information content (AvgIpc) is 3.43. The van der Waals surface area contributed by atoms with E-state index < -0.39 is 23.4 Å². The van der Waals surface area contributed by atoms with Crippen molar-refractivity contribution in [1.82, 2.24) is 19.7 Å². The van der Waals surface area contributed by atoms with E-state index in [0.29, 0.717) is 11.5 Å². The van der Waals surface area contributed by atoms with Gasteiger partial charge in [0, 0.05) is 12.7 Å². The lowest BCUT2D eigenvalue weighted by Crippen LogP contribution is -2.35. The van der Waals surface area contributed by atoms with Crippen molar-refractivity contribution >= 4 is 28.8 Å². The second-order valence-corrected chi connectivity index (χ2v) is 7.79. The molecule has 0 radical (unpaired) electrons. The Kier molecular flexibility index (Phi) is 6.04. The SMILES string of the molecule is CN(CC(=O)Nc1cccc(F)c1)C(=O)c1nc(-c2cccs2)n(-c2ccc(F)cc2)n1. The molecule has 0 atom stereocenters. The largest absolute Gasteiger partial charge is 0.330 e. The van der Waals surface area contributed by atoms with Gasteiger partial charge in [0.2, 0.25) is 11.7 Å². The predicted molar refractivity (Wildman–Crippen MR) is 117 cm³/mol. The number of halogens is 2. The van der Waals surface area contributed by atoms with Crippen molar-refractivity contribution in [2.45, 2.75) is 0 Å². The number of carbonyl (C=O) groups is 2. The summed E-state index contributed by atoms with van der Waals surface area (Å²) >= 11 is 1.42. The number of carbonyl (C=O) groups excluding carboxylic acids is 2. The van der Waals surface area contributed by atoms with Crippen LogP contribution in [0, 0.1) is 11.6 Å². The molecule has 0 unspecified atom stereocenters. The molecule has 2 heterocycles. The van der Waals surface area contributed by atoms with Gasteiger partial charge in [-0.3, -0.25) is 9.59 Å². The third-order valence-electron chi connectivity index (χ3n) is 4.45. The second-order valence-electron chi connectivity index (χ2n) is 6.84. The third-order valence-corrected chi connectivity index (χ3v) is 5.31. The van der Waals surface area contributed by atoms with Crippen LogP contribution >= 0.6 is 11.3 Å². The average molecular weight is 453 g/mol. The van der Waals surface area contributed by atoms with Crippen molar-refractivity contribution in [1.29, 1.82) is 0 Å². The van der Waals surface area contributed by atoms with Crippen molar-refractivity contribution in [2.24, 2.45) is 0 Å². The Morgan fingerprint density at radius 1 is 1.06 bits per heavy atom. The summed E-state index contributed by atoms with van der Waals surface area (Å²) in [7, 11) is 1.44. The summed E-state index contributed by atoms with van der Waals surface area (Å²) in [5.74, 6) is -1.64. The Morgan fingerprint density at radius 2 is 1.84 bits per heavy atom. The molecule has 0 saturated carbocycles. The van der Waals surface area contributed by atoms with Crippen molar-refractivity contribution in [2.75, 3.05) is 18.9 Å². The zero-order valence-corrected chi connectivity index (χ0v) is 17.6. The Bertz CT molecular complexity index is 1260. The molecular weight excluding hydrogens is 436 g/mol. The quantitative estimate of drug-likeness (QED) is 0.479. The number of anilines is 1. The zero-order valence-electron chi connectivity index (χ0n) is 16.8. The highest BCUT2D eigenvalue weighted by atomic mass is 32.1. The molecule has 0 aliphatic heterocycles. The summed E-state index contributed by atoms with van der Waals surface area (Å²) in [4.78, 5) is 31.5. The molecule has 0 saturated heterocycles. The van der Waals surface area contributed by atoms with E-state index in [4.69, 9.17) is 0 Å². The molecule has 0 fully saturated rings. The van der Waals surface area contributed by atoms with Crippen LogP contribution in [0.25, 0.3) is 16.4 Å². The lowest BCUT2D eigenvalue weighted by molar-refractivity contribution is -0.116. The van der Waals surface area contributed by atoms with Crippen molar-refractivity contribution in [3.05, 3.63) is 83.5 Å². The fourth-order valence-corrected chi connectivity index (χ4v) is 3.65. The number of thiophene rings is 1. The van der Waals surface area contributed by atoms with E-state index in [0.717, 1.165) is 9.78 Å². The number of rotatable bonds is 6. The summed E-state index contributed by atoms with van der Waals surface area (Å²) < 4.78 is 28.1. The van der Waals surface area contributed by atoms with E-state index in [1.54, 1.807) is 6.07 Å². The Labute approximate surface area is 185 Å². The Morgan fingerprint density at radius 3 is 2.53 bits per heavy atom. The van der Waals surface area contributed by atoms with Gasteiger partial charge in [0.1, 0.15) is 11.6 Å². The number of aromatic nitrogens is 3. The van der Waals surface area contributed by atoms with Crippen LogP contribution < -0.4 is 5.32 Å². The van der Waals surface area contributed by atoms with Gasteiger partial charge in [0.05, 0.1) is 17.1 Å². The van der Waals surface area contributed by atoms with Gasteiger partial charge in [-0.2, -0.15) is 0 Å². The van der Waals surface area contributed by atoms with Crippen LogP contribution in [0.15, 0.2) is 66.0 Å². The molecule has 0 aliphatic rings. The predicted octanol–water partition coefficient (Wildman–Crippen LogP) is 3.98. The molecule has 0 aliphatic carbocycles. The summed E-state index contributed by atoms with van der Waals surface area (Å²) in [5, 5.41) is 8.71. The number of benzene rings is 2. The smallest absolute Gasteiger partial charge is 0.293 e. The lowest BCUT2D eigenvalue weighted by atomic mass is 10.3. The first kappa shape index (κ1) is 21.3. The Balaban J connectivity index is 1.56. The van der Waals surface area contributed by atoms with Crippen LogP contribution in [0.3, 0.4) is 0 Å². The minimum absolute atomic E-state index is 0.112. The molecule has 7 nitrogen and oxygen atoms in total. The van der Waals surface area contributed by atoms with Gasteiger partial charge in [-0.15, -0.1) is 16.4 Å². The summed E-state index contributed by atoms with van der Waals surface area (Å²) in [6, 6.07) is 14.8. The molecule has 2 aromatic carbocycles. The van der Waals surface area contributed by atoms with Gasteiger partial charge in [-0.05, 0) is 53.9 Å². The molecule has 2 amide bonds. The number of hydrogen-bond acceptors (Lipinski definition) is 5. The van der Waals surface area contributed by atoms with Crippen LogP contribution in [0.1, 0.15) is 10.6 Å². The number of likely N-dealkylation sites (N-methyl/N-ethyl adjacent to an activating group) is 1. The highest BCUT2D eigenvalue weighted by molar-refractivity contribution is 7.13. The van der Waals surface area contributed by atoms with E-state index in [2.05, 4.69) is 15.4 Å². The standard InChI is InChI=1S/C22H17F2N5O2S/c1-28(13-19(30)25-16-5-2-4-15(24)12-16)22(31)20-26-21(18-6-3-11-32-18)29(27-20)17-9-7-14(23)8-10-17/h2-12H,13H2,1H3,(H,25,30). The van der Waals surface area contributed by atoms with E-state index >= 15 is 0 Å². The molecule has 162 valence electrons. The fraction of sp³-hybridized carbons (Fsp3) is 0.0909. The van der Waals surface area contributed by atoms with E-state index in [-0.39, 0.29) is 18.1 Å². The van der Waals surface area contributed by atoms with Gasteiger partial charge in [-0.25, -0.2) is 18.4 Å². The van der Waals surface area contributed by atoms with Gasteiger partial charge in [-0.1, -0.05) is 12.1 Å². The van der Waals surface area contributed by atoms with Crippen LogP contribution in [-0.4, -0.2) is 45.1 Å².